The highest BCUT2D eigenvalue weighted by molar-refractivity contribution is 5.69. The van der Waals surface area contributed by atoms with Gasteiger partial charge in [0.05, 0.1) is 12.7 Å². The number of esters is 1. The minimum absolute atomic E-state index is 0.0984. The molecule has 0 spiro atoms. The van der Waals surface area contributed by atoms with E-state index in [0.717, 1.165) is 137 Å². The smallest absolute Gasteiger partial charge is 0.308 e. The van der Waals surface area contributed by atoms with E-state index in [1.54, 1.807) is 74.9 Å². The Morgan fingerprint density at radius 3 is 0.866 bits per heavy atom. The molecule has 6 saturated carbocycles. The van der Waals surface area contributed by atoms with Gasteiger partial charge in [-0.15, -0.1) is 0 Å². The topological polar surface area (TPSA) is 181 Å². The van der Waals surface area contributed by atoms with Crippen molar-refractivity contribution < 1.29 is 67.9 Å². The van der Waals surface area contributed by atoms with Gasteiger partial charge in [-0.05, 0) is 333 Å². The average Bonchev–Trinajstić information content (AvgIpc) is 0.747. The van der Waals surface area contributed by atoms with Crippen LogP contribution in [0.3, 0.4) is 0 Å². The molecule has 134 heavy (non-hydrogen) atoms. The number of rotatable bonds is 30. The van der Waals surface area contributed by atoms with Gasteiger partial charge >= 0.3 is 5.97 Å². The Bertz CT molecular complexity index is 4310. The van der Waals surface area contributed by atoms with E-state index in [-0.39, 0.29) is 47.4 Å². The predicted molar refractivity (Wildman–Crippen MR) is 555 cm³/mol. The molecule has 9 aromatic rings. The van der Waals surface area contributed by atoms with E-state index >= 15 is 0 Å². The number of carbonyl (C=O) groups excluding carboxylic acids is 1. The molecule has 738 valence electrons. The SMILES string of the molecule is CCc1ccc(O)cc1.CCc1ccc(O)cc1.CCc1ccc(O)cc1.CCc1ccc(O)cc1.CCc1ccc(OC(C)=O)cc1.CCc1ccc(OC(CC(C)(C)C)OC)cc1.CCc1ccc(OC(CC(C)(C)C)OC2CCCCC2)cc1.CCc1ccc(OC(CC(C)(C)C)OCC2CCC(C)CC2)cc1.CCc1ccc(OC(CC23CC4CC(CC(C4)C2)C3)OC)cc1. The van der Waals surface area contributed by atoms with Crippen molar-refractivity contribution in [3.63, 3.8) is 0 Å². The summed E-state index contributed by atoms with van der Waals surface area (Å²) in [5.41, 5.74) is 12.7. The van der Waals surface area contributed by atoms with Crippen molar-refractivity contribution in [2.24, 2.45) is 51.2 Å². The van der Waals surface area contributed by atoms with Gasteiger partial charge in [-0.3, -0.25) is 4.79 Å². The summed E-state index contributed by atoms with van der Waals surface area (Å²) in [6.07, 6.45) is 33.2. The Kier molecular flexibility index (Phi) is 51.1. The zero-order chi connectivity index (χ0) is 98.1. The van der Waals surface area contributed by atoms with Gasteiger partial charge in [0.1, 0.15) is 51.7 Å². The molecule has 6 fully saturated rings. The summed E-state index contributed by atoms with van der Waals surface area (Å²) in [5, 5.41) is 35.4. The first-order valence-corrected chi connectivity index (χ1v) is 50.7. The molecule has 6 aliphatic carbocycles. The van der Waals surface area contributed by atoms with E-state index in [2.05, 4.69) is 216 Å². The molecule has 0 aliphatic heterocycles. The van der Waals surface area contributed by atoms with Gasteiger partial charge in [0.15, 0.2) is 18.9 Å². The van der Waals surface area contributed by atoms with Crippen LogP contribution in [-0.4, -0.2) is 78.5 Å². The minimum atomic E-state index is -0.278. The van der Waals surface area contributed by atoms with Crippen LogP contribution in [-0.2, 0) is 81.5 Å². The summed E-state index contributed by atoms with van der Waals surface area (Å²) < 4.78 is 52.9. The lowest BCUT2D eigenvalue weighted by atomic mass is 9.49. The Morgan fingerprint density at radius 1 is 0.336 bits per heavy atom. The Balaban J connectivity index is 0.000000238. The van der Waals surface area contributed by atoms with Gasteiger partial charge in [0, 0.05) is 46.8 Å². The maximum Gasteiger partial charge on any atom is 0.308 e. The molecule has 4 unspecified atom stereocenters. The lowest BCUT2D eigenvalue weighted by molar-refractivity contribution is -0.142. The summed E-state index contributed by atoms with van der Waals surface area (Å²) >= 11 is 0. The van der Waals surface area contributed by atoms with Crippen molar-refractivity contribution >= 4 is 5.97 Å². The Hall–Kier alpha value is -9.31. The number of aryl methyl sites for hydroxylation is 9. The second kappa shape index (κ2) is 60.3. The Labute approximate surface area is 810 Å². The quantitative estimate of drug-likeness (QED) is 0.0190. The van der Waals surface area contributed by atoms with Crippen LogP contribution in [0.2, 0.25) is 0 Å². The molecular formula is C120H174O14. The fourth-order valence-electron chi connectivity index (χ4n) is 17.9. The molecule has 6 aliphatic rings. The summed E-state index contributed by atoms with van der Waals surface area (Å²) in [4.78, 5) is 10.5. The molecule has 4 bridgehead atoms. The number of aromatic hydroxyl groups is 4. The molecular weight excluding hydrogens is 1670 g/mol. The van der Waals surface area contributed by atoms with Crippen LogP contribution in [0.25, 0.3) is 0 Å². The molecule has 0 heterocycles. The van der Waals surface area contributed by atoms with Crippen LogP contribution < -0.4 is 23.7 Å². The van der Waals surface area contributed by atoms with E-state index in [0.29, 0.717) is 46.2 Å². The first-order chi connectivity index (χ1) is 64.0. The summed E-state index contributed by atoms with van der Waals surface area (Å²) in [5.74, 6) is 9.90. The number of methoxy groups -OCH3 is 2. The largest absolute Gasteiger partial charge is 0.508 e. The van der Waals surface area contributed by atoms with Crippen LogP contribution >= 0.6 is 0 Å². The highest BCUT2D eigenvalue weighted by atomic mass is 16.7. The molecule has 15 rings (SSSR count). The van der Waals surface area contributed by atoms with Gasteiger partial charge < -0.3 is 63.1 Å². The average molecular weight is 1840 g/mol. The lowest BCUT2D eigenvalue weighted by Gasteiger charge is -2.57. The summed E-state index contributed by atoms with van der Waals surface area (Å²) in [6.45, 7) is 43.7. The number of hydrogen-bond acceptors (Lipinski definition) is 14. The van der Waals surface area contributed by atoms with E-state index in [1.165, 1.54) is 153 Å². The maximum atomic E-state index is 10.5. The summed E-state index contributed by atoms with van der Waals surface area (Å²) in [6, 6.07) is 70.1. The predicted octanol–water partition coefficient (Wildman–Crippen LogP) is 31.2. The van der Waals surface area contributed by atoms with Crippen LogP contribution in [0, 0.1) is 51.2 Å². The molecule has 0 aromatic heterocycles. The fraction of sp³-hybridized carbons (Fsp3) is 0.542. The zero-order valence-corrected chi connectivity index (χ0v) is 86.4. The molecule has 4 atom stereocenters. The summed E-state index contributed by atoms with van der Waals surface area (Å²) in [7, 11) is 3.49. The van der Waals surface area contributed by atoms with Gasteiger partial charge in [-0.2, -0.15) is 0 Å². The third-order valence-corrected chi connectivity index (χ3v) is 25.5. The molecule has 14 nitrogen and oxygen atoms in total. The Morgan fingerprint density at radius 2 is 0.590 bits per heavy atom. The van der Waals surface area contributed by atoms with Crippen molar-refractivity contribution in [3.8, 4) is 51.7 Å². The monoisotopic (exact) mass is 1840 g/mol. The van der Waals surface area contributed by atoms with Crippen molar-refractivity contribution in [2.45, 2.75) is 350 Å². The van der Waals surface area contributed by atoms with Gasteiger partial charge in [0.25, 0.3) is 0 Å². The number of hydrogen-bond donors (Lipinski definition) is 4. The highest BCUT2D eigenvalue weighted by Crippen LogP contribution is 2.62. The van der Waals surface area contributed by atoms with Crippen LogP contribution in [0.5, 0.6) is 51.7 Å². The molecule has 0 radical (unpaired) electrons. The third kappa shape index (κ3) is 47.0. The van der Waals surface area contributed by atoms with Gasteiger partial charge in [-0.25, -0.2) is 0 Å². The van der Waals surface area contributed by atoms with E-state index in [1.807, 2.05) is 72.8 Å². The van der Waals surface area contributed by atoms with Crippen LogP contribution in [0.15, 0.2) is 218 Å². The molecule has 0 amide bonds. The number of carbonyl (C=O) groups is 1. The minimum Gasteiger partial charge on any atom is -0.508 e. The van der Waals surface area contributed by atoms with Crippen molar-refractivity contribution in [1.29, 1.82) is 0 Å². The number of phenolic OH excluding ortho intramolecular Hbond substituents is 4. The highest BCUT2D eigenvalue weighted by Gasteiger charge is 2.52. The van der Waals surface area contributed by atoms with E-state index in [4.69, 9.17) is 63.1 Å². The normalized spacial score (nSPS) is 18.4. The van der Waals surface area contributed by atoms with E-state index in [9.17, 15) is 4.79 Å². The first kappa shape index (κ1) is 113. The van der Waals surface area contributed by atoms with E-state index < -0.39 is 0 Å². The third-order valence-electron chi connectivity index (χ3n) is 25.5. The van der Waals surface area contributed by atoms with Crippen molar-refractivity contribution in [3.05, 3.63) is 268 Å². The fourth-order valence-corrected chi connectivity index (χ4v) is 17.9. The van der Waals surface area contributed by atoms with Crippen molar-refractivity contribution in [1.82, 2.24) is 0 Å². The number of phenols is 4. The van der Waals surface area contributed by atoms with Gasteiger partial charge in [0.2, 0.25) is 6.29 Å². The zero-order valence-electron chi connectivity index (χ0n) is 86.4. The molecule has 14 heteroatoms. The number of ether oxygens (including phenoxy) is 9. The standard InChI is InChI=1S/C22H36O2.C21H30O2.C20H32O2.C15H24O2.C10H12O2.4C8H10O/c1-6-18-11-13-20(14-12-18)24-21(15-22(3,4)5)23-16-19-9-7-17(2)8-10-19;1-3-15-4-6-19(7-5-15)23-20(22-2)14-21-11-16-8-17(12-21)10-18(9-16)13-21;1-5-16-11-13-18(14-12-16)22-19(15-20(2,3)4)21-17-9-7-6-8-10-17;1-6-12-7-9-13(10-8-12)17-14(16-5)11-15(2,3)4;1-3-9-4-6-10(7-5-9)12-8(2)11;4*1-2-7-3-5-8(9)6-4-7/h11-14,17,19,21H,6-10,15-16H2,1-5H3;4-7,16-18,20H,3,8-14H2,1-2H3;11-14,17,19H,5-10,15H2,1-4H3;7-10,14H,6,11H2,1-5H3;4-7H,3H2,1-2H3;4*3-6,9H,2H2,1H3. The molecule has 9 aromatic carbocycles. The number of benzene rings is 9. The molecule has 4 N–H and O–H groups in total. The first-order valence-electron chi connectivity index (χ1n) is 50.7. The lowest BCUT2D eigenvalue weighted by Crippen LogP contribution is -2.48. The van der Waals surface area contributed by atoms with Crippen LogP contribution in [0.4, 0.5) is 0 Å². The van der Waals surface area contributed by atoms with Crippen LogP contribution in [0.1, 0.15) is 311 Å². The maximum absolute atomic E-state index is 10.5. The second-order valence-corrected chi connectivity index (χ2v) is 41.1. The second-order valence-electron chi connectivity index (χ2n) is 41.1. The molecule has 0 saturated heterocycles. The van der Waals surface area contributed by atoms with Crippen molar-refractivity contribution in [2.75, 3.05) is 20.8 Å². The van der Waals surface area contributed by atoms with Gasteiger partial charge in [-0.1, -0.05) is 273 Å².